The lowest BCUT2D eigenvalue weighted by atomic mass is 10.1. The Hall–Kier alpha value is -0.900. The summed E-state index contributed by atoms with van der Waals surface area (Å²) in [5.41, 5.74) is 0.728. The molecule has 4 heteroatoms. The van der Waals surface area contributed by atoms with Crippen molar-refractivity contribution in [2.24, 2.45) is 0 Å². The van der Waals surface area contributed by atoms with Gasteiger partial charge in [0.2, 0.25) is 0 Å². The number of hydrogen-bond acceptors (Lipinski definition) is 3. The van der Waals surface area contributed by atoms with E-state index in [4.69, 9.17) is 4.74 Å². The Labute approximate surface area is 91.6 Å². The molecule has 1 heterocycles. The van der Waals surface area contributed by atoms with Crippen molar-refractivity contribution in [2.75, 3.05) is 6.61 Å². The van der Waals surface area contributed by atoms with Gasteiger partial charge in [0, 0.05) is 10.7 Å². The average Bonchev–Trinajstić information content (AvgIpc) is 2.18. The summed E-state index contributed by atoms with van der Waals surface area (Å²) < 4.78 is 5.80. The molecule has 0 fully saturated rings. The van der Waals surface area contributed by atoms with E-state index in [1.807, 2.05) is 12.1 Å². The first kappa shape index (κ1) is 11.2. The third kappa shape index (κ3) is 2.80. The van der Waals surface area contributed by atoms with Gasteiger partial charge in [-0.3, -0.25) is 9.78 Å². The molecule has 1 aromatic heterocycles. The van der Waals surface area contributed by atoms with Crippen molar-refractivity contribution in [2.45, 2.75) is 19.8 Å². The Kier molecular flexibility index (Phi) is 4.07. The largest absolute Gasteiger partial charge is 0.465 e. The van der Waals surface area contributed by atoms with E-state index in [0.717, 1.165) is 10.2 Å². The Morgan fingerprint density at radius 2 is 2.36 bits per heavy atom. The van der Waals surface area contributed by atoms with Gasteiger partial charge in [0.1, 0.15) is 0 Å². The number of halogens is 1. The number of aromatic nitrogens is 1. The zero-order chi connectivity index (χ0) is 10.6. The summed E-state index contributed by atoms with van der Waals surface area (Å²) in [4.78, 5) is 15.5. The molecule has 0 aliphatic rings. The highest BCUT2D eigenvalue weighted by atomic mass is 79.9. The quantitative estimate of drug-likeness (QED) is 0.782. The lowest BCUT2D eigenvalue weighted by molar-refractivity contribution is -0.144. The van der Waals surface area contributed by atoms with Crippen LogP contribution in [0.3, 0.4) is 0 Å². The minimum atomic E-state index is -0.303. The highest BCUT2D eigenvalue weighted by Crippen LogP contribution is 2.16. The van der Waals surface area contributed by atoms with E-state index in [-0.39, 0.29) is 11.9 Å². The maximum atomic E-state index is 11.4. The molecular formula is C10H12BrNO2. The molecule has 0 radical (unpaired) electrons. The van der Waals surface area contributed by atoms with Gasteiger partial charge in [0.15, 0.2) is 0 Å². The second-order valence-corrected chi connectivity index (χ2v) is 3.79. The maximum Gasteiger partial charge on any atom is 0.314 e. The van der Waals surface area contributed by atoms with Crippen LogP contribution in [0.4, 0.5) is 0 Å². The predicted molar refractivity (Wildman–Crippen MR) is 57.0 cm³/mol. The molecule has 0 spiro atoms. The van der Waals surface area contributed by atoms with E-state index < -0.39 is 0 Å². The summed E-state index contributed by atoms with van der Waals surface area (Å²) in [5, 5.41) is 0. The second kappa shape index (κ2) is 5.10. The Balaban J connectivity index is 2.73. The van der Waals surface area contributed by atoms with Crippen LogP contribution in [0.15, 0.2) is 22.8 Å². The predicted octanol–water partition coefficient (Wildman–Crippen LogP) is 2.51. The van der Waals surface area contributed by atoms with Crippen molar-refractivity contribution in [1.82, 2.24) is 4.98 Å². The van der Waals surface area contributed by atoms with E-state index in [1.54, 1.807) is 20.0 Å². The lowest BCUT2D eigenvalue weighted by Crippen LogP contribution is -2.13. The van der Waals surface area contributed by atoms with Gasteiger partial charge in [-0.1, -0.05) is 0 Å². The fourth-order valence-corrected chi connectivity index (χ4v) is 1.27. The SMILES string of the molecule is CCOC(=O)C(C)c1ccc(Br)cn1. The molecule has 0 saturated heterocycles. The van der Waals surface area contributed by atoms with Gasteiger partial charge in [-0.05, 0) is 41.9 Å². The number of hydrogen-bond donors (Lipinski definition) is 0. The summed E-state index contributed by atoms with van der Waals surface area (Å²) in [6.07, 6.45) is 1.67. The standard InChI is InChI=1S/C10H12BrNO2/c1-3-14-10(13)7(2)9-5-4-8(11)6-12-9/h4-7H,3H2,1-2H3. The minimum absolute atomic E-state index is 0.234. The number of ether oxygens (including phenoxy) is 1. The van der Waals surface area contributed by atoms with Crippen molar-refractivity contribution in [3.05, 3.63) is 28.5 Å². The van der Waals surface area contributed by atoms with E-state index in [2.05, 4.69) is 20.9 Å². The van der Waals surface area contributed by atoms with Crippen LogP contribution in [0.5, 0.6) is 0 Å². The van der Waals surface area contributed by atoms with Gasteiger partial charge in [0.05, 0.1) is 18.2 Å². The maximum absolute atomic E-state index is 11.4. The zero-order valence-electron chi connectivity index (χ0n) is 8.16. The number of carbonyl (C=O) groups is 1. The van der Waals surface area contributed by atoms with Crippen LogP contribution in [0.2, 0.25) is 0 Å². The molecular weight excluding hydrogens is 246 g/mol. The van der Waals surface area contributed by atoms with Gasteiger partial charge in [-0.2, -0.15) is 0 Å². The molecule has 0 aliphatic carbocycles. The molecule has 0 saturated carbocycles. The topological polar surface area (TPSA) is 39.2 Å². The summed E-state index contributed by atoms with van der Waals surface area (Å²) in [6, 6.07) is 3.67. The monoisotopic (exact) mass is 257 g/mol. The average molecular weight is 258 g/mol. The third-order valence-electron chi connectivity index (χ3n) is 1.83. The molecule has 1 rings (SSSR count). The van der Waals surface area contributed by atoms with E-state index in [9.17, 15) is 4.79 Å². The molecule has 76 valence electrons. The van der Waals surface area contributed by atoms with E-state index in [0.29, 0.717) is 6.61 Å². The second-order valence-electron chi connectivity index (χ2n) is 2.88. The first-order valence-corrected chi connectivity index (χ1v) is 5.22. The summed E-state index contributed by atoms with van der Waals surface area (Å²) >= 11 is 3.28. The summed E-state index contributed by atoms with van der Waals surface area (Å²) in [6.45, 7) is 3.98. The van der Waals surface area contributed by atoms with Crippen LogP contribution in [-0.2, 0) is 9.53 Å². The van der Waals surface area contributed by atoms with Gasteiger partial charge < -0.3 is 4.74 Å². The van der Waals surface area contributed by atoms with Crippen molar-refractivity contribution in [3.8, 4) is 0 Å². The van der Waals surface area contributed by atoms with E-state index >= 15 is 0 Å². The highest BCUT2D eigenvalue weighted by Gasteiger charge is 2.17. The summed E-state index contributed by atoms with van der Waals surface area (Å²) in [5.74, 6) is -0.537. The molecule has 0 aliphatic heterocycles. The number of nitrogens with zero attached hydrogens (tertiary/aromatic N) is 1. The molecule has 1 unspecified atom stereocenters. The van der Waals surface area contributed by atoms with Gasteiger partial charge in [-0.25, -0.2) is 0 Å². The molecule has 1 aromatic rings. The lowest BCUT2D eigenvalue weighted by Gasteiger charge is -2.09. The first-order valence-electron chi connectivity index (χ1n) is 4.43. The number of esters is 1. The molecule has 1 atom stereocenters. The van der Waals surface area contributed by atoms with Crippen molar-refractivity contribution in [1.29, 1.82) is 0 Å². The first-order chi connectivity index (χ1) is 6.65. The molecule has 3 nitrogen and oxygen atoms in total. The number of rotatable bonds is 3. The van der Waals surface area contributed by atoms with Gasteiger partial charge in [-0.15, -0.1) is 0 Å². The van der Waals surface area contributed by atoms with Crippen LogP contribution in [0.25, 0.3) is 0 Å². The zero-order valence-corrected chi connectivity index (χ0v) is 9.74. The fourth-order valence-electron chi connectivity index (χ4n) is 1.03. The van der Waals surface area contributed by atoms with Crippen molar-refractivity contribution in [3.63, 3.8) is 0 Å². The minimum Gasteiger partial charge on any atom is -0.465 e. The third-order valence-corrected chi connectivity index (χ3v) is 2.30. The molecule has 0 bridgehead atoms. The van der Waals surface area contributed by atoms with Crippen LogP contribution < -0.4 is 0 Å². The van der Waals surface area contributed by atoms with Crippen LogP contribution in [0, 0.1) is 0 Å². The number of pyridine rings is 1. The van der Waals surface area contributed by atoms with Crippen LogP contribution in [-0.4, -0.2) is 17.6 Å². The Bertz CT molecular complexity index is 310. The Morgan fingerprint density at radius 1 is 1.64 bits per heavy atom. The van der Waals surface area contributed by atoms with Crippen LogP contribution in [0.1, 0.15) is 25.5 Å². The van der Waals surface area contributed by atoms with Crippen molar-refractivity contribution < 1.29 is 9.53 Å². The fraction of sp³-hybridized carbons (Fsp3) is 0.400. The molecule has 0 N–H and O–H groups in total. The normalized spacial score (nSPS) is 12.2. The summed E-state index contributed by atoms with van der Waals surface area (Å²) in [7, 11) is 0. The Morgan fingerprint density at radius 3 is 2.86 bits per heavy atom. The van der Waals surface area contributed by atoms with Gasteiger partial charge in [0.25, 0.3) is 0 Å². The van der Waals surface area contributed by atoms with Crippen molar-refractivity contribution >= 4 is 21.9 Å². The van der Waals surface area contributed by atoms with Gasteiger partial charge >= 0.3 is 5.97 Å². The molecule has 0 aromatic carbocycles. The van der Waals surface area contributed by atoms with Crippen LogP contribution >= 0.6 is 15.9 Å². The van der Waals surface area contributed by atoms with E-state index in [1.165, 1.54) is 0 Å². The highest BCUT2D eigenvalue weighted by molar-refractivity contribution is 9.10. The molecule has 0 amide bonds. The number of carbonyl (C=O) groups excluding carboxylic acids is 1. The smallest absolute Gasteiger partial charge is 0.314 e. The molecule has 14 heavy (non-hydrogen) atoms.